The summed E-state index contributed by atoms with van der Waals surface area (Å²) >= 11 is 0. The molecule has 2 heteroatoms. The molecule has 0 aromatic heterocycles. The van der Waals surface area contributed by atoms with E-state index in [9.17, 15) is 0 Å². The van der Waals surface area contributed by atoms with Gasteiger partial charge in [0.15, 0.2) is 0 Å². The van der Waals surface area contributed by atoms with E-state index in [-0.39, 0.29) is 0 Å². The average Bonchev–Trinajstić information content (AvgIpc) is 2.39. The number of unbranched alkanes of at least 4 members (excludes halogenated alkanes) is 1. The van der Waals surface area contributed by atoms with Crippen molar-refractivity contribution in [2.24, 2.45) is 5.92 Å². The summed E-state index contributed by atoms with van der Waals surface area (Å²) in [5, 5.41) is 3.65. The van der Waals surface area contributed by atoms with Gasteiger partial charge in [-0.2, -0.15) is 0 Å². The summed E-state index contributed by atoms with van der Waals surface area (Å²) in [4.78, 5) is 2.63. The van der Waals surface area contributed by atoms with Gasteiger partial charge in [0.25, 0.3) is 0 Å². The van der Waals surface area contributed by atoms with Crippen LogP contribution in [0.15, 0.2) is 0 Å². The molecule has 14 heavy (non-hydrogen) atoms. The first-order valence-corrected chi connectivity index (χ1v) is 6.19. The number of nitrogens with one attached hydrogen (secondary N) is 1. The summed E-state index contributed by atoms with van der Waals surface area (Å²) in [7, 11) is 0. The maximum atomic E-state index is 3.65. The molecule has 0 radical (unpaired) electrons. The van der Waals surface area contributed by atoms with Crippen LogP contribution >= 0.6 is 0 Å². The first kappa shape index (κ1) is 12.0. The topological polar surface area (TPSA) is 15.3 Å². The maximum Gasteiger partial charge on any atom is 0.0217 e. The van der Waals surface area contributed by atoms with Crippen LogP contribution in [-0.4, -0.2) is 37.1 Å². The van der Waals surface area contributed by atoms with Gasteiger partial charge in [-0.1, -0.05) is 27.2 Å². The molecule has 1 aliphatic rings. The largest absolute Gasteiger partial charge is 0.312 e. The summed E-state index contributed by atoms with van der Waals surface area (Å²) < 4.78 is 0. The molecule has 1 N–H and O–H groups in total. The standard InChI is InChI=1S/C12H26N2/c1-4-5-8-14-9-6-7-13-12(10-14)11(2)3/h11-13H,4-10H2,1-3H3. The fourth-order valence-corrected chi connectivity index (χ4v) is 2.06. The molecule has 1 atom stereocenters. The predicted octanol–water partition coefficient (Wildman–Crippen LogP) is 2.11. The Hall–Kier alpha value is -0.0800. The van der Waals surface area contributed by atoms with Gasteiger partial charge < -0.3 is 10.2 Å². The van der Waals surface area contributed by atoms with Crippen LogP contribution in [0.25, 0.3) is 0 Å². The van der Waals surface area contributed by atoms with Gasteiger partial charge in [0.1, 0.15) is 0 Å². The van der Waals surface area contributed by atoms with Crippen molar-refractivity contribution < 1.29 is 0 Å². The van der Waals surface area contributed by atoms with E-state index in [1.807, 2.05) is 0 Å². The summed E-state index contributed by atoms with van der Waals surface area (Å²) in [6.45, 7) is 11.9. The molecule has 2 nitrogen and oxygen atoms in total. The number of hydrogen-bond donors (Lipinski definition) is 1. The highest BCUT2D eigenvalue weighted by Gasteiger charge is 2.19. The van der Waals surface area contributed by atoms with Gasteiger partial charge in [0.2, 0.25) is 0 Å². The van der Waals surface area contributed by atoms with Crippen LogP contribution in [-0.2, 0) is 0 Å². The van der Waals surface area contributed by atoms with Crippen LogP contribution in [0.2, 0.25) is 0 Å². The Labute approximate surface area is 89.1 Å². The molecule has 0 spiro atoms. The lowest BCUT2D eigenvalue weighted by molar-refractivity contribution is 0.242. The van der Waals surface area contributed by atoms with Crippen molar-refractivity contribution in [3.63, 3.8) is 0 Å². The fourth-order valence-electron chi connectivity index (χ4n) is 2.06. The molecule has 0 aliphatic carbocycles. The summed E-state index contributed by atoms with van der Waals surface area (Å²) in [5.41, 5.74) is 0. The highest BCUT2D eigenvalue weighted by molar-refractivity contribution is 4.78. The minimum absolute atomic E-state index is 0.703. The molecule has 0 aromatic carbocycles. The molecule has 1 aliphatic heterocycles. The van der Waals surface area contributed by atoms with Crippen LogP contribution in [0.3, 0.4) is 0 Å². The smallest absolute Gasteiger partial charge is 0.0217 e. The average molecular weight is 198 g/mol. The zero-order valence-corrected chi connectivity index (χ0v) is 10.1. The third kappa shape index (κ3) is 3.97. The second-order valence-corrected chi connectivity index (χ2v) is 4.81. The van der Waals surface area contributed by atoms with E-state index >= 15 is 0 Å². The van der Waals surface area contributed by atoms with E-state index in [0.717, 1.165) is 5.92 Å². The summed E-state index contributed by atoms with van der Waals surface area (Å²) in [5.74, 6) is 0.761. The van der Waals surface area contributed by atoms with Crippen molar-refractivity contribution in [3.8, 4) is 0 Å². The third-order valence-electron chi connectivity index (χ3n) is 3.15. The second-order valence-electron chi connectivity index (χ2n) is 4.81. The summed E-state index contributed by atoms with van der Waals surface area (Å²) in [6, 6.07) is 0.703. The van der Waals surface area contributed by atoms with Gasteiger partial charge in [-0.25, -0.2) is 0 Å². The van der Waals surface area contributed by atoms with Gasteiger partial charge in [-0.05, 0) is 38.4 Å². The molecule has 1 heterocycles. The molecule has 84 valence electrons. The SMILES string of the molecule is CCCCN1CCCNC(C(C)C)C1. The Morgan fingerprint density at radius 1 is 1.43 bits per heavy atom. The molecule has 0 bridgehead atoms. The minimum atomic E-state index is 0.703. The molecular weight excluding hydrogens is 172 g/mol. The molecule has 0 saturated carbocycles. The van der Waals surface area contributed by atoms with Crippen molar-refractivity contribution in [2.45, 2.75) is 46.1 Å². The Bertz CT molecular complexity index is 145. The predicted molar refractivity (Wildman–Crippen MR) is 62.6 cm³/mol. The van der Waals surface area contributed by atoms with Crippen molar-refractivity contribution in [1.29, 1.82) is 0 Å². The first-order valence-electron chi connectivity index (χ1n) is 6.19. The Balaban J connectivity index is 2.35. The Morgan fingerprint density at radius 2 is 2.21 bits per heavy atom. The van der Waals surface area contributed by atoms with Crippen LogP contribution in [0.1, 0.15) is 40.0 Å². The van der Waals surface area contributed by atoms with Gasteiger partial charge >= 0.3 is 0 Å². The molecular formula is C12H26N2. The highest BCUT2D eigenvalue weighted by Crippen LogP contribution is 2.09. The zero-order valence-electron chi connectivity index (χ0n) is 10.1. The van der Waals surface area contributed by atoms with E-state index in [2.05, 4.69) is 31.0 Å². The van der Waals surface area contributed by atoms with Gasteiger partial charge in [-0.3, -0.25) is 0 Å². The normalized spacial score (nSPS) is 25.3. The molecule has 0 aromatic rings. The van der Waals surface area contributed by atoms with Crippen LogP contribution in [0.5, 0.6) is 0 Å². The fraction of sp³-hybridized carbons (Fsp3) is 1.00. The zero-order chi connectivity index (χ0) is 10.4. The number of nitrogens with zero attached hydrogens (tertiary/aromatic N) is 1. The van der Waals surface area contributed by atoms with E-state index in [1.165, 1.54) is 45.4 Å². The molecule has 1 unspecified atom stereocenters. The van der Waals surface area contributed by atoms with Gasteiger partial charge in [-0.15, -0.1) is 0 Å². The minimum Gasteiger partial charge on any atom is -0.312 e. The number of hydrogen-bond acceptors (Lipinski definition) is 2. The van der Waals surface area contributed by atoms with Crippen molar-refractivity contribution in [2.75, 3.05) is 26.2 Å². The second kappa shape index (κ2) is 6.41. The van der Waals surface area contributed by atoms with E-state index in [4.69, 9.17) is 0 Å². The van der Waals surface area contributed by atoms with Crippen molar-refractivity contribution in [1.82, 2.24) is 10.2 Å². The quantitative estimate of drug-likeness (QED) is 0.744. The summed E-state index contributed by atoms with van der Waals surface area (Å²) in [6.07, 6.45) is 3.98. The van der Waals surface area contributed by atoms with Crippen molar-refractivity contribution in [3.05, 3.63) is 0 Å². The Morgan fingerprint density at radius 3 is 2.86 bits per heavy atom. The van der Waals surface area contributed by atoms with Gasteiger partial charge in [0, 0.05) is 12.6 Å². The first-order chi connectivity index (χ1) is 6.74. The highest BCUT2D eigenvalue weighted by atomic mass is 15.2. The maximum absolute atomic E-state index is 3.65. The lowest BCUT2D eigenvalue weighted by Gasteiger charge is -2.26. The number of rotatable bonds is 4. The lowest BCUT2D eigenvalue weighted by Crippen LogP contribution is -2.41. The third-order valence-corrected chi connectivity index (χ3v) is 3.15. The molecule has 1 rings (SSSR count). The molecule has 1 fully saturated rings. The Kier molecular flexibility index (Phi) is 5.49. The van der Waals surface area contributed by atoms with E-state index in [1.54, 1.807) is 0 Å². The van der Waals surface area contributed by atoms with Crippen LogP contribution in [0.4, 0.5) is 0 Å². The van der Waals surface area contributed by atoms with Crippen LogP contribution in [0, 0.1) is 5.92 Å². The van der Waals surface area contributed by atoms with Gasteiger partial charge in [0.05, 0.1) is 0 Å². The van der Waals surface area contributed by atoms with E-state index in [0.29, 0.717) is 6.04 Å². The lowest BCUT2D eigenvalue weighted by atomic mass is 10.0. The van der Waals surface area contributed by atoms with E-state index < -0.39 is 0 Å². The molecule has 0 amide bonds. The molecule has 1 saturated heterocycles. The van der Waals surface area contributed by atoms with Crippen LogP contribution < -0.4 is 5.32 Å². The van der Waals surface area contributed by atoms with Crippen molar-refractivity contribution >= 4 is 0 Å². The monoisotopic (exact) mass is 198 g/mol.